The molecule has 4 rings (SSSR count). The van der Waals surface area contributed by atoms with Gasteiger partial charge in [-0.2, -0.15) is 0 Å². The first-order valence-electron chi connectivity index (χ1n) is 10.7. The molecule has 1 unspecified atom stereocenters. The first-order chi connectivity index (χ1) is 13.9. The first kappa shape index (κ1) is 21.2. The van der Waals surface area contributed by atoms with Crippen LogP contribution in [-0.4, -0.2) is 77.2 Å². The van der Waals surface area contributed by atoms with Crippen LogP contribution in [0.25, 0.3) is 11.0 Å². The summed E-state index contributed by atoms with van der Waals surface area (Å²) in [7, 11) is -2.81. The van der Waals surface area contributed by atoms with Crippen LogP contribution in [0.5, 0.6) is 0 Å². The second-order valence-electron chi connectivity index (χ2n) is 8.69. The van der Waals surface area contributed by atoms with E-state index in [1.54, 1.807) is 0 Å². The van der Waals surface area contributed by atoms with Crippen LogP contribution in [0.4, 0.5) is 0 Å². The second-order valence-corrected chi connectivity index (χ2v) is 12.0. The highest BCUT2D eigenvalue weighted by Crippen LogP contribution is 2.26. The van der Waals surface area contributed by atoms with Crippen molar-refractivity contribution in [2.24, 2.45) is 5.92 Å². The smallest absolute Gasteiger partial charge is 0.170 e. The summed E-state index contributed by atoms with van der Waals surface area (Å²) < 4.78 is 26.0. The lowest BCUT2D eigenvalue weighted by atomic mass is 10.2. The molecule has 2 aliphatic heterocycles. The average molecular weight is 437 g/mol. The third-order valence-corrected chi connectivity index (χ3v) is 8.78. The number of rotatable bonds is 7. The van der Waals surface area contributed by atoms with Crippen molar-refractivity contribution >= 4 is 32.6 Å². The van der Waals surface area contributed by atoms with Crippen LogP contribution in [-0.2, 0) is 16.5 Å². The summed E-state index contributed by atoms with van der Waals surface area (Å²) in [5.74, 6) is 2.49. The van der Waals surface area contributed by atoms with Crippen molar-refractivity contribution in [1.29, 1.82) is 0 Å². The van der Waals surface area contributed by atoms with Gasteiger partial charge in [-0.3, -0.25) is 9.80 Å². The summed E-state index contributed by atoms with van der Waals surface area (Å²) in [6, 6.07) is 8.61. The van der Waals surface area contributed by atoms with E-state index in [4.69, 9.17) is 4.98 Å². The summed E-state index contributed by atoms with van der Waals surface area (Å²) >= 11 is 1.86. The molecule has 1 atom stereocenters. The maximum absolute atomic E-state index is 11.8. The van der Waals surface area contributed by atoms with E-state index in [1.165, 1.54) is 11.9 Å². The molecule has 1 aromatic heterocycles. The van der Waals surface area contributed by atoms with Crippen LogP contribution < -0.4 is 0 Å². The normalized spacial score (nSPS) is 23.3. The van der Waals surface area contributed by atoms with E-state index in [0.29, 0.717) is 17.4 Å². The van der Waals surface area contributed by atoms with E-state index in [2.05, 4.69) is 52.5 Å². The number of imidazole rings is 1. The number of hydrogen-bond donors (Lipinski definition) is 0. The van der Waals surface area contributed by atoms with Gasteiger partial charge >= 0.3 is 0 Å². The summed E-state index contributed by atoms with van der Waals surface area (Å²) in [6.07, 6.45) is 1.99. The van der Waals surface area contributed by atoms with Gasteiger partial charge in [-0.15, -0.1) is 0 Å². The summed E-state index contributed by atoms with van der Waals surface area (Å²) in [5, 5.41) is 1.11. The standard InChI is InChI=1S/C21H32N4O2S2/c1-17(2)7-13-28-21-22-19-5-3-4-6-20(19)25(21)16-23-9-11-24(12-10-23)18-8-14-29(26,27)15-18/h3-6,17-18H,7-16H2,1-2H3. The Hall–Kier alpha value is -1.09. The molecule has 0 bridgehead atoms. The molecule has 0 radical (unpaired) electrons. The van der Waals surface area contributed by atoms with Crippen LogP contribution in [0.15, 0.2) is 29.4 Å². The van der Waals surface area contributed by atoms with Crippen LogP contribution in [0, 0.1) is 5.92 Å². The van der Waals surface area contributed by atoms with Crippen molar-refractivity contribution in [1.82, 2.24) is 19.4 Å². The molecule has 0 amide bonds. The number of hydrogen-bond acceptors (Lipinski definition) is 6. The van der Waals surface area contributed by atoms with Crippen LogP contribution >= 0.6 is 11.8 Å². The molecule has 29 heavy (non-hydrogen) atoms. The number of para-hydroxylation sites is 2. The average Bonchev–Trinajstić information content (AvgIpc) is 3.22. The number of thioether (sulfide) groups is 1. The Morgan fingerprint density at radius 1 is 1.17 bits per heavy atom. The molecule has 160 valence electrons. The summed E-state index contributed by atoms with van der Waals surface area (Å²) in [4.78, 5) is 9.74. The van der Waals surface area contributed by atoms with Gasteiger partial charge < -0.3 is 4.57 Å². The highest BCUT2D eigenvalue weighted by Gasteiger charge is 2.33. The lowest BCUT2D eigenvalue weighted by molar-refractivity contribution is 0.0836. The minimum Gasteiger partial charge on any atom is -0.305 e. The second kappa shape index (κ2) is 8.96. The molecule has 2 aliphatic rings. The van der Waals surface area contributed by atoms with E-state index in [-0.39, 0.29) is 6.04 Å². The number of sulfone groups is 1. The van der Waals surface area contributed by atoms with Crippen molar-refractivity contribution in [2.45, 2.75) is 44.6 Å². The fraction of sp³-hybridized carbons (Fsp3) is 0.667. The van der Waals surface area contributed by atoms with Gasteiger partial charge in [0.25, 0.3) is 0 Å². The predicted octanol–water partition coefficient (Wildman–Crippen LogP) is 2.94. The van der Waals surface area contributed by atoms with E-state index in [9.17, 15) is 8.42 Å². The first-order valence-corrected chi connectivity index (χ1v) is 13.5. The third-order valence-electron chi connectivity index (χ3n) is 6.02. The molecular weight excluding hydrogens is 404 g/mol. The number of fused-ring (bicyclic) bond motifs is 1. The topological polar surface area (TPSA) is 58.4 Å². The molecular formula is C21H32N4O2S2. The highest BCUT2D eigenvalue weighted by molar-refractivity contribution is 7.99. The fourth-order valence-corrected chi connectivity index (χ4v) is 7.23. The van der Waals surface area contributed by atoms with Gasteiger partial charge in [-0.25, -0.2) is 13.4 Å². The van der Waals surface area contributed by atoms with Crippen molar-refractivity contribution < 1.29 is 8.42 Å². The zero-order valence-electron chi connectivity index (χ0n) is 17.5. The molecule has 0 saturated carbocycles. The van der Waals surface area contributed by atoms with Crippen LogP contribution in [0.3, 0.4) is 0 Å². The van der Waals surface area contributed by atoms with Gasteiger partial charge in [-0.1, -0.05) is 37.7 Å². The Balaban J connectivity index is 1.41. The molecule has 2 fully saturated rings. The number of benzene rings is 1. The Kier molecular flexibility index (Phi) is 6.53. The monoisotopic (exact) mass is 436 g/mol. The minimum absolute atomic E-state index is 0.221. The van der Waals surface area contributed by atoms with E-state index >= 15 is 0 Å². The quantitative estimate of drug-likeness (QED) is 0.622. The number of aromatic nitrogens is 2. The molecule has 0 aliphatic carbocycles. The third kappa shape index (κ3) is 5.16. The maximum atomic E-state index is 11.8. The van der Waals surface area contributed by atoms with E-state index in [1.807, 2.05) is 11.8 Å². The summed E-state index contributed by atoms with van der Waals surface area (Å²) in [5.41, 5.74) is 2.26. The van der Waals surface area contributed by atoms with E-state index < -0.39 is 9.84 Å². The number of nitrogens with zero attached hydrogens (tertiary/aromatic N) is 4. The SMILES string of the molecule is CC(C)CCSc1nc2ccccc2n1CN1CCN(C2CCS(=O)(=O)C2)CC1. The summed E-state index contributed by atoms with van der Waals surface area (Å²) in [6.45, 7) is 9.21. The van der Waals surface area contributed by atoms with Crippen molar-refractivity contribution in [3.05, 3.63) is 24.3 Å². The molecule has 8 heteroatoms. The Morgan fingerprint density at radius 2 is 1.93 bits per heavy atom. The van der Waals surface area contributed by atoms with E-state index in [0.717, 1.165) is 55.7 Å². The van der Waals surface area contributed by atoms with Gasteiger partial charge in [0, 0.05) is 38.0 Å². The van der Waals surface area contributed by atoms with Crippen molar-refractivity contribution in [3.63, 3.8) is 0 Å². The molecule has 0 spiro atoms. The molecule has 2 aromatic rings. The van der Waals surface area contributed by atoms with Crippen molar-refractivity contribution in [3.8, 4) is 0 Å². The molecule has 3 heterocycles. The van der Waals surface area contributed by atoms with Crippen molar-refractivity contribution in [2.75, 3.05) is 43.4 Å². The molecule has 6 nitrogen and oxygen atoms in total. The molecule has 0 N–H and O–H groups in total. The lowest BCUT2D eigenvalue weighted by Crippen LogP contribution is -2.50. The van der Waals surface area contributed by atoms with Gasteiger partial charge in [-0.05, 0) is 30.9 Å². The van der Waals surface area contributed by atoms with Gasteiger partial charge in [0.2, 0.25) is 0 Å². The lowest BCUT2D eigenvalue weighted by Gasteiger charge is -2.37. The Bertz CT molecular complexity index is 933. The zero-order valence-corrected chi connectivity index (χ0v) is 19.1. The fourth-order valence-electron chi connectivity index (χ4n) is 4.22. The predicted molar refractivity (Wildman–Crippen MR) is 120 cm³/mol. The number of piperazine rings is 1. The highest BCUT2D eigenvalue weighted by atomic mass is 32.2. The van der Waals surface area contributed by atoms with Gasteiger partial charge in [0.05, 0.1) is 29.2 Å². The Morgan fingerprint density at radius 3 is 2.62 bits per heavy atom. The molecule has 1 aromatic carbocycles. The Labute approximate surface area is 178 Å². The van der Waals surface area contributed by atoms with Crippen LogP contribution in [0.1, 0.15) is 26.7 Å². The van der Waals surface area contributed by atoms with Crippen LogP contribution in [0.2, 0.25) is 0 Å². The minimum atomic E-state index is -2.81. The largest absolute Gasteiger partial charge is 0.305 e. The van der Waals surface area contributed by atoms with Gasteiger partial charge in [0.15, 0.2) is 15.0 Å². The maximum Gasteiger partial charge on any atom is 0.170 e. The zero-order chi connectivity index (χ0) is 20.4. The van der Waals surface area contributed by atoms with Gasteiger partial charge in [0.1, 0.15) is 0 Å². The molecule has 2 saturated heterocycles.